The number of aromatic nitrogens is 1. The zero-order valence-electron chi connectivity index (χ0n) is 7.31. The molecule has 0 bridgehead atoms. The Morgan fingerprint density at radius 3 is 2.50 bits per heavy atom. The fourth-order valence-corrected chi connectivity index (χ4v) is 1.56. The Morgan fingerprint density at radius 2 is 1.86 bits per heavy atom. The van der Waals surface area contributed by atoms with Crippen LogP contribution in [0.3, 0.4) is 0 Å². The molecule has 68 valence electrons. The minimum atomic E-state index is 0.589. The van der Waals surface area contributed by atoms with Gasteiger partial charge < -0.3 is 0 Å². The molecular formula is C11H7ClN2. The maximum atomic E-state index is 8.87. The molecule has 0 amide bonds. The first kappa shape index (κ1) is 8.86. The molecule has 14 heavy (non-hydrogen) atoms. The van der Waals surface area contributed by atoms with Crippen molar-refractivity contribution in [3.63, 3.8) is 0 Å². The first-order chi connectivity index (χ1) is 6.81. The topological polar surface area (TPSA) is 28.7 Å². The molecule has 3 heteroatoms. The van der Waals surface area contributed by atoms with Gasteiger partial charge >= 0.3 is 0 Å². The van der Waals surface area contributed by atoms with E-state index >= 15 is 0 Å². The fraction of sp³-hybridized carbons (Fsp3) is 0. The lowest BCUT2D eigenvalue weighted by Crippen LogP contribution is -1.76. The standard InChI is InChI=1S/C11H7ClN2/c12-14-7-10(6-13)11(8-14)9-4-2-1-3-5-9/h1-5,7-8H. The van der Waals surface area contributed by atoms with Crippen LogP contribution >= 0.6 is 11.8 Å². The lowest BCUT2D eigenvalue weighted by Gasteiger charge is -1.96. The summed E-state index contributed by atoms with van der Waals surface area (Å²) in [7, 11) is 0. The Balaban J connectivity index is 2.58. The minimum Gasteiger partial charge on any atom is -0.266 e. The zero-order valence-corrected chi connectivity index (χ0v) is 8.07. The van der Waals surface area contributed by atoms with E-state index in [4.69, 9.17) is 17.0 Å². The van der Waals surface area contributed by atoms with Gasteiger partial charge in [-0.3, -0.25) is 4.09 Å². The van der Waals surface area contributed by atoms with E-state index in [9.17, 15) is 0 Å². The van der Waals surface area contributed by atoms with Crippen LogP contribution in [0.15, 0.2) is 42.7 Å². The smallest absolute Gasteiger partial charge is 0.101 e. The van der Waals surface area contributed by atoms with Crippen LogP contribution in [-0.2, 0) is 0 Å². The van der Waals surface area contributed by atoms with Crippen molar-refractivity contribution in [2.45, 2.75) is 0 Å². The van der Waals surface area contributed by atoms with Gasteiger partial charge in [0.1, 0.15) is 6.07 Å². The first-order valence-corrected chi connectivity index (χ1v) is 4.49. The number of rotatable bonds is 1. The third-order valence-electron chi connectivity index (χ3n) is 2.00. The van der Waals surface area contributed by atoms with E-state index < -0.39 is 0 Å². The molecule has 1 aromatic heterocycles. The second-order valence-electron chi connectivity index (χ2n) is 2.91. The molecule has 1 aromatic carbocycles. The van der Waals surface area contributed by atoms with Crippen molar-refractivity contribution in [1.82, 2.24) is 4.09 Å². The highest BCUT2D eigenvalue weighted by Crippen LogP contribution is 2.24. The van der Waals surface area contributed by atoms with Gasteiger partial charge in [-0.1, -0.05) is 30.3 Å². The molecule has 0 aliphatic carbocycles. The first-order valence-electron chi connectivity index (χ1n) is 4.15. The van der Waals surface area contributed by atoms with E-state index in [1.54, 1.807) is 12.4 Å². The van der Waals surface area contributed by atoms with Crippen molar-refractivity contribution >= 4 is 11.8 Å². The maximum Gasteiger partial charge on any atom is 0.101 e. The molecule has 1 heterocycles. The van der Waals surface area contributed by atoms with E-state index in [0.29, 0.717) is 5.56 Å². The summed E-state index contributed by atoms with van der Waals surface area (Å²) >= 11 is 5.76. The van der Waals surface area contributed by atoms with Crippen LogP contribution in [0, 0.1) is 11.3 Å². The number of hydrogen-bond donors (Lipinski definition) is 0. The van der Waals surface area contributed by atoms with E-state index in [1.807, 2.05) is 30.3 Å². The summed E-state index contributed by atoms with van der Waals surface area (Å²) in [5.41, 5.74) is 2.46. The zero-order chi connectivity index (χ0) is 9.97. The largest absolute Gasteiger partial charge is 0.266 e. The molecule has 0 saturated carbocycles. The number of benzene rings is 1. The highest BCUT2D eigenvalue weighted by atomic mass is 35.5. The van der Waals surface area contributed by atoms with E-state index in [1.165, 1.54) is 4.09 Å². The molecule has 2 aromatic rings. The monoisotopic (exact) mass is 202 g/mol. The van der Waals surface area contributed by atoms with Gasteiger partial charge in [-0.2, -0.15) is 5.26 Å². The quantitative estimate of drug-likeness (QED) is 0.699. The third-order valence-corrected chi connectivity index (χ3v) is 2.20. The summed E-state index contributed by atoms with van der Waals surface area (Å²) in [4.78, 5) is 0. The summed E-state index contributed by atoms with van der Waals surface area (Å²) in [6, 6.07) is 11.8. The van der Waals surface area contributed by atoms with Crippen LogP contribution in [0.25, 0.3) is 11.1 Å². The van der Waals surface area contributed by atoms with Crippen LogP contribution in [0.1, 0.15) is 5.56 Å². The predicted molar refractivity (Wildman–Crippen MR) is 55.8 cm³/mol. The molecule has 0 spiro atoms. The second-order valence-corrected chi connectivity index (χ2v) is 3.30. The minimum absolute atomic E-state index is 0.589. The fourth-order valence-electron chi connectivity index (χ4n) is 1.36. The Hall–Kier alpha value is -1.72. The van der Waals surface area contributed by atoms with Crippen LogP contribution in [0.4, 0.5) is 0 Å². The molecule has 0 aliphatic rings. The van der Waals surface area contributed by atoms with Crippen molar-refractivity contribution in [3.8, 4) is 17.2 Å². The summed E-state index contributed by atoms with van der Waals surface area (Å²) < 4.78 is 1.38. The number of nitrogens with zero attached hydrogens (tertiary/aromatic N) is 2. The molecule has 0 aliphatic heterocycles. The Morgan fingerprint density at radius 1 is 1.14 bits per heavy atom. The molecule has 0 radical (unpaired) electrons. The average Bonchev–Trinajstić information content (AvgIpc) is 2.61. The van der Waals surface area contributed by atoms with Crippen LogP contribution in [0.5, 0.6) is 0 Å². The van der Waals surface area contributed by atoms with Gasteiger partial charge in [0.2, 0.25) is 0 Å². The number of hydrogen-bond acceptors (Lipinski definition) is 1. The summed E-state index contributed by atoms with van der Waals surface area (Å²) in [5, 5.41) is 8.87. The van der Waals surface area contributed by atoms with Crippen molar-refractivity contribution in [2.24, 2.45) is 0 Å². The highest BCUT2D eigenvalue weighted by Gasteiger charge is 2.06. The van der Waals surface area contributed by atoms with Gasteiger partial charge in [0.15, 0.2) is 0 Å². The normalized spacial score (nSPS) is 9.71. The molecule has 2 rings (SSSR count). The third kappa shape index (κ3) is 1.50. The molecular weight excluding hydrogens is 196 g/mol. The molecule has 2 nitrogen and oxygen atoms in total. The summed E-state index contributed by atoms with van der Waals surface area (Å²) in [5.74, 6) is 0. The average molecular weight is 203 g/mol. The summed E-state index contributed by atoms with van der Waals surface area (Å²) in [6.45, 7) is 0. The molecule has 0 saturated heterocycles. The van der Waals surface area contributed by atoms with Crippen molar-refractivity contribution in [3.05, 3.63) is 48.3 Å². The van der Waals surface area contributed by atoms with Crippen molar-refractivity contribution in [2.75, 3.05) is 0 Å². The highest BCUT2D eigenvalue weighted by molar-refractivity contribution is 6.15. The maximum absolute atomic E-state index is 8.87. The number of halogens is 1. The van der Waals surface area contributed by atoms with Gasteiger partial charge in [-0.05, 0) is 5.56 Å². The van der Waals surface area contributed by atoms with Crippen molar-refractivity contribution < 1.29 is 0 Å². The van der Waals surface area contributed by atoms with Crippen LogP contribution < -0.4 is 0 Å². The van der Waals surface area contributed by atoms with E-state index in [2.05, 4.69) is 6.07 Å². The van der Waals surface area contributed by atoms with Gasteiger partial charge in [-0.25, -0.2) is 0 Å². The Bertz CT molecular complexity index is 480. The molecule has 0 fully saturated rings. The Labute approximate surface area is 87.1 Å². The SMILES string of the molecule is N#Cc1cn(Cl)cc1-c1ccccc1. The van der Waals surface area contributed by atoms with Gasteiger partial charge in [-0.15, -0.1) is 0 Å². The molecule has 0 atom stereocenters. The summed E-state index contributed by atoms with van der Waals surface area (Å²) in [6.07, 6.45) is 3.33. The van der Waals surface area contributed by atoms with Gasteiger partial charge in [0.05, 0.1) is 5.56 Å². The van der Waals surface area contributed by atoms with Gasteiger partial charge in [0, 0.05) is 29.7 Å². The van der Waals surface area contributed by atoms with E-state index in [-0.39, 0.29) is 0 Å². The molecule has 0 N–H and O–H groups in total. The lowest BCUT2D eigenvalue weighted by atomic mass is 10.1. The number of nitriles is 1. The lowest BCUT2D eigenvalue weighted by molar-refractivity contribution is 1.26. The van der Waals surface area contributed by atoms with Crippen LogP contribution in [-0.4, -0.2) is 4.09 Å². The van der Waals surface area contributed by atoms with E-state index in [0.717, 1.165) is 11.1 Å². The van der Waals surface area contributed by atoms with Gasteiger partial charge in [0.25, 0.3) is 0 Å². The Kier molecular flexibility index (Phi) is 2.26. The predicted octanol–water partition coefficient (Wildman–Crippen LogP) is 3.03. The second kappa shape index (κ2) is 3.57. The molecule has 0 unspecified atom stereocenters. The van der Waals surface area contributed by atoms with Crippen molar-refractivity contribution in [1.29, 1.82) is 5.26 Å². The van der Waals surface area contributed by atoms with Crippen LogP contribution in [0.2, 0.25) is 0 Å².